The Hall–Kier alpha value is -1.64. The number of ether oxygens (including phenoxy) is 1. The maximum atomic E-state index is 15.5. The number of hydrogen-bond donors (Lipinski definition) is 6. The van der Waals surface area contributed by atoms with Gasteiger partial charge in [0, 0.05) is 47.2 Å². The maximum absolute atomic E-state index is 15.5. The quantitative estimate of drug-likeness (QED) is 0.139. The molecule has 12 rings (SSSR count). The van der Waals surface area contributed by atoms with Crippen LogP contribution in [0.3, 0.4) is 0 Å². The summed E-state index contributed by atoms with van der Waals surface area (Å²) in [5.41, 5.74) is -4.36. The largest absolute Gasteiger partial charge is 0.508 e. The third-order valence-electron chi connectivity index (χ3n) is 20.3. The van der Waals surface area contributed by atoms with Crippen molar-refractivity contribution in [3.05, 3.63) is 35.4 Å². The van der Waals surface area contributed by atoms with E-state index in [0.717, 1.165) is 30.4 Å². The second-order valence-corrected chi connectivity index (χ2v) is 24.8. The van der Waals surface area contributed by atoms with E-state index in [1.807, 2.05) is 17.9 Å². The van der Waals surface area contributed by atoms with Crippen molar-refractivity contribution in [1.82, 2.24) is 0 Å². The summed E-state index contributed by atoms with van der Waals surface area (Å²) < 4.78 is 6.39. The number of amides is 1. The number of nitrogens with zero attached hydrogens (tertiary/aromatic N) is 1. The smallest absolute Gasteiger partial charge is 0.233 e. The molecule has 1 amide bonds. The molecule has 2 saturated heterocycles. The molecule has 7 fully saturated rings. The summed E-state index contributed by atoms with van der Waals surface area (Å²) in [5.74, 6) is 0.882. The maximum Gasteiger partial charge on any atom is 0.233 e. The molecular formula is C49H69NO9S2. The molecule has 1 aromatic rings. The Labute approximate surface area is 369 Å². The zero-order chi connectivity index (χ0) is 43.3. The summed E-state index contributed by atoms with van der Waals surface area (Å²) in [4.78, 5) is 32.3. The van der Waals surface area contributed by atoms with Gasteiger partial charge in [0.2, 0.25) is 5.91 Å². The molecule has 10 nitrogen and oxygen atoms in total. The Morgan fingerprint density at radius 1 is 0.967 bits per heavy atom. The first-order valence-corrected chi connectivity index (χ1v) is 26.1. The van der Waals surface area contributed by atoms with Crippen molar-refractivity contribution in [1.29, 1.82) is 0 Å². The minimum Gasteiger partial charge on any atom is -0.508 e. The highest BCUT2D eigenvalue weighted by atomic mass is 33.1. The number of rotatable bonds is 5. The Morgan fingerprint density at radius 2 is 1.75 bits per heavy atom. The van der Waals surface area contributed by atoms with Gasteiger partial charge in [-0.25, -0.2) is 0 Å². The molecule has 5 saturated carbocycles. The molecule has 8 bridgehead atoms. The van der Waals surface area contributed by atoms with Gasteiger partial charge >= 0.3 is 0 Å². The Kier molecular flexibility index (Phi) is 10.2. The van der Waals surface area contributed by atoms with Crippen LogP contribution in [0.25, 0.3) is 0 Å². The summed E-state index contributed by atoms with van der Waals surface area (Å²) in [6.45, 7) is 11.1. The normalized spacial score (nSPS) is 48.1. The van der Waals surface area contributed by atoms with Gasteiger partial charge in [-0.05, 0) is 154 Å². The number of aliphatic hydroxyl groups is 5. The van der Waals surface area contributed by atoms with E-state index in [-0.39, 0.29) is 72.3 Å². The van der Waals surface area contributed by atoms with Crippen LogP contribution in [-0.4, -0.2) is 103 Å². The number of anilines is 1. The lowest BCUT2D eigenvalue weighted by molar-refractivity contribution is -0.213. The lowest BCUT2D eigenvalue weighted by Gasteiger charge is -2.69. The lowest BCUT2D eigenvalue weighted by atomic mass is 9.35. The van der Waals surface area contributed by atoms with E-state index in [1.165, 1.54) is 0 Å². The zero-order valence-electron chi connectivity index (χ0n) is 36.8. The number of benzene rings is 1. The number of ketones is 1. The highest BCUT2D eigenvalue weighted by molar-refractivity contribution is 8.76. The zero-order valence-corrected chi connectivity index (χ0v) is 38.4. The molecule has 11 aliphatic rings. The van der Waals surface area contributed by atoms with Gasteiger partial charge in [0.25, 0.3) is 0 Å². The van der Waals surface area contributed by atoms with E-state index in [2.05, 4.69) is 27.7 Å². The fourth-order valence-electron chi connectivity index (χ4n) is 16.7. The molecule has 16 unspecified atom stereocenters. The van der Waals surface area contributed by atoms with Crippen molar-refractivity contribution in [2.75, 3.05) is 29.6 Å². The van der Waals surface area contributed by atoms with Crippen molar-refractivity contribution < 1.29 is 45.0 Å². The van der Waals surface area contributed by atoms with Crippen molar-refractivity contribution >= 4 is 39.0 Å². The molecule has 61 heavy (non-hydrogen) atoms. The van der Waals surface area contributed by atoms with E-state index in [0.29, 0.717) is 87.4 Å². The van der Waals surface area contributed by atoms with E-state index in [9.17, 15) is 35.4 Å². The first-order chi connectivity index (χ1) is 28.9. The summed E-state index contributed by atoms with van der Waals surface area (Å²) in [5, 5.41) is 72.5. The van der Waals surface area contributed by atoms with Gasteiger partial charge in [-0.3, -0.25) is 9.59 Å². The first-order valence-electron chi connectivity index (χ1n) is 23.6. The predicted octanol–water partition coefficient (Wildman–Crippen LogP) is 6.61. The van der Waals surface area contributed by atoms with Crippen LogP contribution in [0.15, 0.2) is 29.8 Å². The van der Waals surface area contributed by atoms with Crippen molar-refractivity contribution in [2.24, 2.45) is 62.6 Å². The van der Waals surface area contributed by atoms with Crippen LogP contribution in [0, 0.1) is 62.6 Å². The van der Waals surface area contributed by atoms with E-state index >= 15 is 4.79 Å². The minimum atomic E-state index is -1.44. The number of fused-ring (bicyclic) bond motifs is 2. The Morgan fingerprint density at radius 3 is 2.51 bits per heavy atom. The number of allylic oxidation sites excluding steroid dienone is 1. The molecule has 336 valence electrons. The summed E-state index contributed by atoms with van der Waals surface area (Å²) in [7, 11) is 3.34. The Bertz CT molecular complexity index is 2010. The fraction of sp³-hybridized carbons (Fsp3) is 0.796. The summed E-state index contributed by atoms with van der Waals surface area (Å²) >= 11 is 0. The standard InChI is InChI=1S/C49H69NO9S2/c1-27(2)28(3)40-41(59-40)43(4,57)36-11-14-49(58)37-22-38(54)47-23-35(53)39(55)34-10-13-45(37,44(34,47)5)15-16-46(36,49)12-9-29-19-32(21-33(52)20-29)50-18-17-48(42(50)56)30(24-51)7-6-8-31(48)25-60-61-26-47/h19-22,27-28,30-31,34-36,39-41,51-53,55,57-58H,6-18,23-26H2,1-5H3. The molecule has 12 heteroatoms. The monoisotopic (exact) mass is 879 g/mol. The number of epoxide rings is 1. The van der Waals surface area contributed by atoms with E-state index < -0.39 is 50.5 Å². The summed E-state index contributed by atoms with van der Waals surface area (Å²) in [6, 6.07) is 5.46. The molecule has 5 aliphatic heterocycles. The van der Waals surface area contributed by atoms with Crippen LogP contribution in [0.5, 0.6) is 5.75 Å². The van der Waals surface area contributed by atoms with Crippen LogP contribution in [0.4, 0.5) is 5.69 Å². The number of carbonyl (C=O) groups is 2. The third-order valence-corrected chi connectivity index (χ3v) is 22.9. The molecule has 5 heterocycles. The molecular weight excluding hydrogens is 811 g/mol. The van der Waals surface area contributed by atoms with Gasteiger partial charge in [0.05, 0.1) is 40.3 Å². The molecule has 6 aliphatic carbocycles. The second-order valence-electron chi connectivity index (χ2n) is 22.3. The fourth-order valence-corrected chi connectivity index (χ4v) is 19.9. The van der Waals surface area contributed by atoms with Gasteiger partial charge in [-0.2, -0.15) is 0 Å². The van der Waals surface area contributed by atoms with Crippen LogP contribution in [0.1, 0.15) is 117 Å². The average molecular weight is 880 g/mol. The molecule has 16 atom stereocenters. The summed E-state index contributed by atoms with van der Waals surface area (Å²) in [6.07, 6.45) is 7.17. The number of phenolic OH excluding ortho intramolecular Hbond substituents is 1. The van der Waals surface area contributed by atoms with E-state index in [1.54, 1.807) is 39.8 Å². The van der Waals surface area contributed by atoms with Gasteiger partial charge in [0.1, 0.15) is 11.9 Å². The molecule has 0 aromatic heterocycles. The van der Waals surface area contributed by atoms with Gasteiger partial charge in [0.15, 0.2) is 5.78 Å². The average Bonchev–Trinajstić information content (AvgIpc) is 3.78. The lowest BCUT2D eigenvalue weighted by Crippen LogP contribution is -2.71. The highest BCUT2D eigenvalue weighted by Crippen LogP contribution is 2.81. The van der Waals surface area contributed by atoms with Crippen molar-refractivity contribution in [2.45, 2.75) is 154 Å². The van der Waals surface area contributed by atoms with Crippen LogP contribution < -0.4 is 4.90 Å². The number of phenols is 1. The number of aromatic hydroxyl groups is 1. The third kappa shape index (κ3) is 5.51. The minimum absolute atomic E-state index is 0.00971. The highest BCUT2D eigenvalue weighted by Gasteiger charge is 2.81. The van der Waals surface area contributed by atoms with Crippen molar-refractivity contribution in [3.63, 3.8) is 0 Å². The molecule has 4 spiro atoms. The number of hydrogen-bond acceptors (Lipinski definition) is 11. The van der Waals surface area contributed by atoms with Crippen LogP contribution in [0.2, 0.25) is 0 Å². The second kappa shape index (κ2) is 14.4. The number of aryl methyl sites for hydroxylation is 1. The first kappa shape index (κ1) is 43.3. The topological polar surface area (TPSA) is 171 Å². The Balaban J connectivity index is 1.13. The SMILES string of the molecule is CC(C)C(C)C1OC1C(C)(O)C1CCC2(O)C3=CC(=O)C45CSSCC6CCCC(CO)C67CCN(C7=O)c6cc(O)cc(c6)CCC12CCC31CCC(C(O)C(O)C4)C51C. The number of carbonyl (C=O) groups excluding carboxylic acids is 2. The van der Waals surface area contributed by atoms with E-state index in [4.69, 9.17) is 4.74 Å². The van der Waals surface area contributed by atoms with Crippen LogP contribution >= 0.6 is 21.6 Å². The molecule has 6 N–H and O–H groups in total. The van der Waals surface area contributed by atoms with Crippen molar-refractivity contribution in [3.8, 4) is 5.75 Å². The van der Waals surface area contributed by atoms with Gasteiger partial charge in [-0.15, -0.1) is 0 Å². The molecule has 0 radical (unpaired) electrons. The van der Waals surface area contributed by atoms with Crippen LogP contribution in [-0.2, 0) is 20.7 Å². The molecule has 1 aromatic carbocycles. The number of aliphatic hydroxyl groups excluding tert-OH is 3. The van der Waals surface area contributed by atoms with Gasteiger partial charge in [-0.1, -0.05) is 55.7 Å². The van der Waals surface area contributed by atoms with Gasteiger partial charge < -0.3 is 40.3 Å². The predicted molar refractivity (Wildman–Crippen MR) is 237 cm³/mol.